The zero-order valence-corrected chi connectivity index (χ0v) is 17.6. The predicted octanol–water partition coefficient (Wildman–Crippen LogP) is 3.07. The molecule has 0 amide bonds. The van der Waals surface area contributed by atoms with E-state index in [9.17, 15) is 13.2 Å². The Bertz CT molecular complexity index is 1040. The summed E-state index contributed by atoms with van der Waals surface area (Å²) in [6.07, 6.45) is -4.42. The van der Waals surface area contributed by atoms with Crippen molar-refractivity contribution in [3.05, 3.63) is 47.4 Å². The lowest BCUT2D eigenvalue weighted by atomic mass is 10.1. The lowest BCUT2D eigenvalue weighted by Gasteiger charge is -2.36. The summed E-state index contributed by atoms with van der Waals surface area (Å²) in [4.78, 5) is 8.90. The molecule has 3 heterocycles. The molecular formula is C20H24F3N7O. The van der Waals surface area contributed by atoms with E-state index in [1.165, 1.54) is 6.07 Å². The highest BCUT2D eigenvalue weighted by molar-refractivity contribution is 5.55. The van der Waals surface area contributed by atoms with Gasteiger partial charge >= 0.3 is 6.18 Å². The monoisotopic (exact) mass is 435 g/mol. The molecule has 1 unspecified atom stereocenters. The van der Waals surface area contributed by atoms with Crippen LogP contribution in [0.4, 0.5) is 13.2 Å². The van der Waals surface area contributed by atoms with Gasteiger partial charge in [-0.05, 0) is 26.0 Å². The van der Waals surface area contributed by atoms with Crippen LogP contribution < -0.4 is 0 Å². The van der Waals surface area contributed by atoms with E-state index in [0.29, 0.717) is 5.89 Å². The van der Waals surface area contributed by atoms with E-state index in [1.54, 1.807) is 6.07 Å². The maximum Gasteiger partial charge on any atom is 0.416 e. The lowest BCUT2D eigenvalue weighted by Crippen LogP contribution is -2.47. The van der Waals surface area contributed by atoms with Crippen LogP contribution >= 0.6 is 0 Å². The van der Waals surface area contributed by atoms with Crippen molar-refractivity contribution in [1.29, 1.82) is 0 Å². The summed E-state index contributed by atoms with van der Waals surface area (Å²) in [5, 5.41) is 12.2. The molecule has 8 nitrogen and oxygen atoms in total. The SMILES string of the molecule is Cc1nnc(CN2CCN(C(C)c3nc(-c4cccc(C(F)(F)F)c4)no3)CC2)n1C. The molecule has 1 saturated heterocycles. The first-order valence-corrected chi connectivity index (χ1v) is 10.0. The Morgan fingerprint density at radius 3 is 2.52 bits per heavy atom. The molecule has 1 atom stereocenters. The molecule has 11 heteroatoms. The van der Waals surface area contributed by atoms with Gasteiger partial charge in [0.25, 0.3) is 0 Å². The first-order valence-electron chi connectivity index (χ1n) is 10.0. The lowest BCUT2D eigenvalue weighted by molar-refractivity contribution is -0.137. The van der Waals surface area contributed by atoms with Gasteiger partial charge in [0.1, 0.15) is 11.6 Å². The van der Waals surface area contributed by atoms with Gasteiger partial charge in [-0.25, -0.2) is 0 Å². The van der Waals surface area contributed by atoms with Crippen molar-refractivity contribution in [2.75, 3.05) is 26.2 Å². The molecule has 1 fully saturated rings. The molecule has 3 aromatic rings. The van der Waals surface area contributed by atoms with Crippen molar-refractivity contribution in [3.63, 3.8) is 0 Å². The predicted molar refractivity (Wildman–Crippen MR) is 106 cm³/mol. The van der Waals surface area contributed by atoms with Gasteiger partial charge in [-0.3, -0.25) is 9.80 Å². The first kappa shape index (κ1) is 21.4. The van der Waals surface area contributed by atoms with Crippen molar-refractivity contribution in [2.45, 2.75) is 32.6 Å². The summed E-state index contributed by atoms with van der Waals surface area (Å²) >= 11 is 0. The Hall–Kier alpha value is -2.79. The van der Waals surface area contributed by atoms with Gasteiger partial charge in [-0.2, -0.15) is 18.2 Å². The highest BCUT2D eigenvalue weighted by Crippen LogP contribution is 2.32. The number of piperazine rings is 1. The summed E-state index contributed by atoms with van der Waals surface area (Å²) in [6, 6.07) is 4.81. The second-order valence-electron chi connectivity index (χ2n) is 7.75. The minimum atomic E-state index is -4.42. The minimum absolute atomic E-state index is 0.133. The topological polar surface area (TPSA) is 76.1 Å². The smallest absolute Gasteiger partial charge is 0.337 e. The molecule has 1 aromatic carbocycles. The summed E-state index contributed by atoms with van der Waals surface area (Å²) < 4.78 is 46.3. The van der Waals surface area contributed by atoms with Crippen molar-refractivity contribution in [3.8, 4) is 11.4 Å². The zero-order valence-electron chi connectivity index (χ0n) is 17.6. The molecule has 0 saturated carbocycles. The van der Waals surface area contributed by atoms with E-state index < -0.39 is 11.7 Å². The third kappa shape index (κ3) is 4.62. The van der Waals surface area contributed by atoms with Gasteiger partial charge in [0, 0.05) is 38.8 Å². The van der Waals surface area contributed by atoms with Crippen molar-refractivity contribution < 1.29 is 17.7 Å². The fourth-order valence-electron chi connectivity index (χ4n) is 3.61. The maximum absolute atomic E-state index is 13.0. The number of benzene rings is 1. The number of aromatic nitrogens is 5. The van der Waals surface area contributed by atoms with Crippen molar-refractivity contribution >= 4 is 0 Å². The van der Waals surface area contributed by atoms with Crippen LogP contribution in [0.3, 0.4) is 0 Å². The van der Waals surface area contributed by atoms with Crippen LogP contribution in [-0.2, 0) is 19.8 Å². The molecule has 0 aliphatic carbocycles. The molecule has 0 N–H and O–H groups in total. The third-order valence-corrected chi connectivity index (χ3v) is 5.75. The van der Waals surface area contributed by atoms with E-state index in [1.807, 2.05) is 25.5 Å². The highest BCUT2D eigenvalue weighted by Gasteiger charge is 2.31. The maximum atomic E-state index is 13.0. The molecule has 0 bridgehead atoms. The molecule has 2 aromatic heterocycles. The van der Waals surface area contributed by atoms with E-state index in [-0.39, 0.29) is 17.4 Å². The third-order valence-electron chi connectivity index (χ3n) is 5.75. The Morgan fingerprint density at radius 1 is 1.13 bits per heavy atom. The Kier molecular flexibility index (Phi) is 5.80. The normalized spacial score (nSPS) is 17.2. The number of nitrogens with zero attached hydrogens (tertiary/aromatic N) is 7. The Balaban J connectivity index is 1.38. The van der Waals surface area contributed by atoms with Gasteiger partial charge in [0.05, 0.1) is 18.2 Å². The number of aryl methyl sites for hydroxylation is 1. The second-order valence-corrected chi connectivity index (χ2v) is 7.75. The molecule has 1 aliphatic rings. The molecule has 0 radical (unpaired) electrons. The minimum Gasteiger partial charge on any atom is -0.337 e. The van der Waals surface area contributed by atoms with Gasteiger partial charge < -0.3 is 9.09 Å². The van der Waals surface area contributed by atoms with E-state index in [2.05, 4.69) is 30.1 Å². The van der Waals surface area contributed by atoms with Crippen LogP contribution in [0.2, 0.25) is 0 Å². The number of rotatable bonds is 5. The van der Waals surface area contributed by atoms with Gasteiger partial charge in [-0.1, -0.05) is 17.3 Å². The molecule has 1 aliphatic heterocycles. The van der Waals surface area contributed by atoms with Crippen LogP contribution in [0.5, 0.6) is 0 Å². The number of hydrogen-bond donors (Lipinski definition) is 0. The van der Waals surface area contributed by atoms with Crippen molar-refractivity contribution in [1.82, 2.24) is 34.7 Å². The molecule has 31 heavy (non-hydrogen) atoms. The van der Waals surface area contributed by atoms with Crippen LogP contribution in [0.1, 0.15) is 36.1 Å². The van der Waals surface area contributed by atoms with Crippen LogP contribution in [-0.4, -0.2) is 60.9 Å². The largest absolute Gasteiger partial charge is 0.416 e. The summed E-state index contributed by atoms with van der Waals surface area (Å²) in [5.74, 6) is 2.37. The fraction of sp³-hybridized carbons (Fsp3) is 0.500. The van der Waals surface area contributed by atoms with Crippen LogP contribution in [0.15, 0.2) is 28.8 Å². The van der Waals surface area contributed by atoms with Gasteiger partial charge in [-0.15, -0.1) is 10.2 Å². The average Bonchev–Trinajstić information content (AvgIpc) is 3.36. The fourth-order valence-corrected chi connectivity index (χ4v) is 3.61. The first-order chi connectivity index (χ1) is 14.7. The van der Waals surface area contributed by atoms with Crippen molar-refractivity contribution in [2.24, 2.45) is 7.05 Å². The summed E-state index contributed by atoms with van der Waals surface area (Å²) in [6.45, 7) is 7.94. The summed E-state index contributed by atoms with van der Waals surface area (Å²) in [5.41, 5.74) is -0.459. The van der Waals surface area contributed by atoms with Gasteiger partial charge in [0.15, 0.2) is 0 Å². The van der Waals surface area contributed by atoms with Crippen LogP contribution in [0, 0.1) is 6.92 Å². The quantitative estimate of drug-likeness (QED) is 0.610. The number of halogens is 3. The Labute approximate surface area is 177 Å². The number of hydrogen-bond acceptors (Lipinski definition) is 7. The molecule has 166 valence electrons. The van der Waals surface area contributed by atoms with Gasteiger partial charge in [0.2, 0.25) is 11.7 Å². The van der Waals surface area contributed by atoms with E-state index >= 15 is 0 Å². The Morgan fingerprint density at radius 2 is 1.87 bits per heavy atom. The zero-order chi connectivity index (χ0) is 22.2. The average molecular weight is 435 g/mol. The van der Waals surface area contributed by atoms with E-state index in [4.69, 9.17) is 4.52 Å². The highest BCUT2D eigenvalue weighted by atomic mass is 19.4. The standard InChI is InChI=1S/C20H24F3N7O/c1-13(30-9-7-29(8-10-30)12-17-26-25-14(2)28(17)3)19-24-18(27-31-19)15-5-4-6-16(11-15)20(21,22)23/h4-6,11,13H,7-10,12H2,1-3H3. The molecular weight excluding hydrogens is 411 g/mol. The van der Waals surface area contributed by atoms with E-state index in [0.717, 1.165) is 56.5 Å². The molecule has 0 spiro atoms. The second kappa shape index (κ2) is 8.39. The van der Waals surface area contributed by atoms with Crippen LogP contribution in [0.25, 0.3) is 11.4 Å². The number of alkyl halides is 3. The summed E-state index contributed by atoms with van der Waals surface area (Å²) in [7, 11) is 1.96. The molecule has 4 rings (SSSR count).